The summed E-state index contributed by atoms with van der Waals surface area (Å²) in [4.78, 5) is 12.0. The fourth-order valence-corrected chi connectivity index (χ4v) is 2.62. The molecular formula is C15H19Cl3O4. The van der Waals surface area contributed by atoms with Crippen molar-refractivity contribution in [1.29, 1.82) is 0 Å². The zero-order valence-electron chi connectivity index (χ0n) is 12.3. The third-order valence-electron chi connectivity index (χ3n) is 3.21. The Hall–Kier alpha value is -0.840. The second-order valence-corrected chi connectivity index (χ2v) is 6.05. The van der Waals surface area contributed by atoms with E-state index in [9.17, 15) is 15.0 Å². The van der Waals surface area contributed by atoms with Gasteiger partial charge in [-0.05, 0) is 6.42 Å². The zero-order chi connectivity index (χ0) is 16.7. The molecular weight excluding hydrogens is 351 g/mol. The van der Waals surface area contributed by atoms with Crippen LogP contribution in [0, 0.1) is 0 Å². The molecule has 0 saturated carbocycles. The van der Waals surface area contributed by atoms with Crippen LogP contribution in [0.15, 0.2) is 0 Å². The number of carbonyl (C=O) groups excluding carboxylic acids is 1. The number of halogens is 3. The maximum Gasteiger partial charge on any atom is 0.343 e. The molecule has 1 aromatic rings. The van der Waals surface area contributed by atoms with Gasteiger partial charge in [-0.25, -0.2) is 4.79 Å². The van der Waals surface area contributed by atoms with Crippen molar-refractivity contribution in [1.82, 2.24) is 0 Å². The quantitative estimate of drug-likeness (QED) is 0.272. The molecule has 0 amide bonds. The van der Waals surface area contributed by atoms with Crippen molar-refractivity contribution in [3.63, 3.8) is 0 Å². The third kappa shape index (κ3) is 4.83. The zero-order valence-corrected chi connectivity index (χ0v) is 14.6. The van der Waals surface area contributed by atoms with Gasteiger partial charge >= 0.3 is 5.97 Å². The van der Waals surface area contributed by atoms with Gasteiger partial charge in [-0.15, -0.1) is 0 Å². The van der Waals surface area contributed by atoms with Crippen LogP contribution in [0.5, 0.6) is 11.5 Å². The van der Waals surface area contributed by atoms with Crippen LogP contribution in [0.1, 0.15) is 55.8 Å². The Morgan fingerprint density at radius 3 is 2.14 bits per heavy atom. The van der Waals surface area contributed by atoms with Gasteiger partial charge in [0.05, 0.1) is 16.7 Å². The van der Waals surface area contributed by atoms with Crippen LogP contribution in [0.2, 0.25) is 15.1 Å². The molecule has 0 aliphatic heterocycles. The number of rotatable bonds is 8. The van der Waals surface area contributed by atoms with E-state index < -0.39 is 17.5 Å². The van der Waals surface area contributed by atoms with Gasteiger partial charge in [0, 0.05) is 0 Å². The smallest absolute Gasteiger partial charge is 0.343 e. The van der Waals surface area contributed by atoms with Gasteiger partial charge in [0.25, 0.3) is 0 Å². The minimum Gasteiger partial charge on any atom is -0.504 e. The van der Waals surface area contributed by atoms with Crippen molar-refractivity contribution in [2.24, 2.45) is 0 Å². The molecule has 0 aliphatic carbocycles. The molecule has 1 aromatic carbocycles. The Bertz CT molecular complexity index is 503. The highest BCUT2D eigenvalue weighted by Crippen LogP contribution is 2.46. The average Bonchev–Trinajstić information content (AvgIpc) is 2.50. The highest BCUT2D eigenvalue weighted by atomic mass is 35.5. The SMILES string of the molecule is CCCCCCCCOC(=O)c1c(O)c(O)c(Cl)c(Cl)c1Cl. The second-order valence-electron chi connectivity index (χ2n) is 4.92. The highest BCUT2D eigenvalue weighted by Gasteiger charge is 2.26. The molecule has 4 nitrogen and oxygen atoms in total. The maximum absolute atomic E-state index is 12.0. The fraction of sp³-hybridized carbons (Fsp3) is 0.533. The number of hydrogen-bond donors (Lipinski definition) is 2. The lowest BCUT2D eigenvalue weighted by molar-refractivity contribution is 0.0494. The third-order valence-corrected chi connectivity index (χ3v) is 4.53. The molecule has 0 aromatic heterocycles. The van der Waals surface area contributed by atoms with E-state index in [1.165, 1.54) is 12.8 Å². The normalized spacial score (nSPS) is 10.7. The van der Waals surface area contributed by atoms with E-state index in [1.807, 2.05) is 0 Å². The summed E-state index contributed by atoms with van der Waals surface area (Å²) in [6.45, 7) is 2.35. The first kappa shape index (κ1) is 19.2. The van der Waals surface area contributed by atoms with Crippen molar-refractivity contribution in [2.75, 3.05) is 6.61 Å². The summed E-state index contributed by atoms with van der Waals surface area (Å²) in [5, 5.41) is 18.6. The summed E-state index contributed by atoms with van der Waals surface area (Å²) in [7, 11) is 0. The van der Waals surface area contributed by atoms with E-state index in [2.05, 4.69) is 6.92 Å². The monoisotopic (exact) mass is 368 g/mol. The number of esters is 1. The van der Waals surface area contributed by atoms with E-state index in [1.54, 1.807) is 0 Å². The van der Waals surface area contributed by atoms with Gasteiger partial charge < -0.3 is 14.9 Å². The number of hydrogen-bond acceptors (Lipinski definition) is 4. The number of ether oxygens (including phenoxy) is 1. The Balaban J connectivity index is 2.60. The molecule has 0 bridgehead atoms. The molecule has 0 heterocycles. The number of benzene rings is 1. The molecule has 7 heteroatoms. The van der Waals surface area contributed by atoms with Gasteiger partial charge in [-0.3, -0.25) is 0 Å². The molecule has 1 rings (SSSR count). The van der Waals surface area contributed by atoms with Crippen molar-refractivity contribution in [3.05, 3.63) is 20.6 Å². The number of carbonyl (C=O) groups is 1. The molecule has 0 fully saturated rings. The topological polar surface area (TPSA) is 66.8 Å². The first-order valence-corrected chi connectivity index (χ1v) is 8.30. The summed E-state index contributed by atoms with van der Waals surface area (Å²) < 4.78 is 5.05. The van der Waals surface area contributed by atoms with Gasteiger partial charge in [-0.2, -0.15) is 0 Å². The number of aromatic hydroxyl groups is 2. The van der Waals surface area contributed by atoms with E-state index in [-0.39, 0.29) is 27.2 Å². The summed E-state index contributed by atoms with van der Waals surface area (Å²) in [6.07, 6.45) is 6.31. The first-order valence-electron chi connectivity index (χ1n) is 7.17. The second kappa shape index (κ2) is 9.33. The van der Waals surface area contributed by atoms with Gasteiger partial charge in [-0.1, -0.05) is 73.8 Å². The lowest BCUT2D eigenvalue weighted by Crippen LogP contribution is -2.08. The van der Waals surface area contributed by atoms with E-state index >= 15 is 0 Å². The predicted octanol–water partition coefficient (Wildman–Crippen LogP) is 5.58. The van der Waals surface area contributed by atoms with E-state index in [0.717, 1.165) is 25.7 Å². The van der Waals surface area contributed by atoms with Crippen LogP contribution in [-0.4, -0.2) is 22.8 Å². The minimum atomic E-state index is -0.843. The number of phenolic OH excluding ortho intramolecular Hbond substituents is 2. The standard InChI is InChI=1S/C15H19Cl3O4/c1-2-3-4-5-6-7-8-22-15(21)9-10(16)11(17)12(18)14(20)13(9)19/h19-20H,2-8H2,1H3. The van der Waals surface area contributed by atoms with Crippen molar-refractivity contribution < 1.29 is 19.7 Å². The molecule has 0 atom stereocenters. The van der Waals surface area contributed by atoms with Crippen molar-refractivity contribution >= 4 is 40.8 Å². The largest absolute Gasteiger partial charge is 0.504 e. The Kier molecular flexibility index (Phi) is 8.15. The van der Waals surface area contributed by atoms with Crippen molar-refractivity contribution in [3.8, 4) is 11.5 Å². The number of unbranched alkanes of at least 4 members (excludes halogenated alkanes) is 5. The van der Waals surface area contributed by atoms with Crippen LogP contribution in [0.25, 0.3) is 0 Å². The van der Waals surface area contributed by atoms with Gasteiger partial charge in [0.1, 0.15) is 10.6 Å². The van der Waals surface area contributed by atoms with Crippen LogP contribution in [0.3, 0.4) is 0 Å². The predicted molar refractivity (Wildman–Crippen MR) is 88.5 cm³/mol. The molecule has 0 spiro atoms. The first-order chi connectivity index (χ1) is 10.4. The maximum atomic E-state index is 12.0. The van der Waals surface area contributed by atoms with Gasteiger partial charge in [0.15, 0.2) is 11.5 Å². The fourth-order valence-electron chi connectivity index (χ4n) is 1.94. The van der Waals surface area contributed by atoms with Crippen LogP contribution >= 0.6 is 34.8 Å². The van der Waals surface area contributed by atoms with Crippen molar-refractivity contribution in [2.45, 2.75) is 45.4 Å². The molecule has 0 radical (unpaired) electrons. The molecule has 124 valence electrons. The molecule has 0 aliphatic rings. The Morgan fingerprint density at radius 2 is 1.50 bits per heavy atom. The Morgan fingerprint density at radius 1 is 0.909 bits per heavy atom. The number of phenols is 2. The molecule has 0 unspecified atom stereocenters. The molecule has 22 heavy (non-hydrogen) atoms. The van der Waals surface area contributed by atoms with Gasteiger partial charge in [0.2, 0.25) is 0 Å². The lowest BCUT2D eigenvalue weighted by atomic mass is 10.1. The Labute approximate surface area is 144 Å². The van der Waals surface area contributed by atoms with E-state index in [0.29, 0.717) is 0 Å². The summed E-state index contributed by atoms with van der Waals surface area (Å²) in [6, 6.07) is 0. The molecule has 2 N–H and O–H groups in total. The summed E-state index contributed by atoms with van der Waals surface area (Å²) in [5.74, 6) is -2.26. The molecule has 0 saturated heterocycles. The van der Waals surface area contributed by atoms with E-state index in [4.69, 9.17) is 39.5 Å². The lowest BCUT2D eigenvalue weighted by Gasteiger charge is -2.12. The summed E-state index contributed by atoms with van der Waals surface area (Å²) >= 11 is 17.3. The summed E-state index contributed by atoms with van der Waals surface area (Å²) in [5.41, 5.74) is -0.375. The van der Waals surface area contributed by atoms with Crippen LogP contribution in [-0.2, 0) is 4.74 Å². The minimum absolute atomic E-state index is 0.204. The highest BCUT2D eigenvalue weighted by molar-refractivity contribution is 6.50. The van der Waals surface area contributed by atoms with Crippen LogP contribution < -0.4 is 0 Å². The van der Waals surface area contributed by atoms with Crippen LogP contribution in [0.4, 0.5) is 0 Å². The average molecular weight is 370 g/mol.